The maximum Gasteiger partial charge on any atom is 0.326 e. The third-order valence-electron chi connectivity index (χ3n) is 6.25. The molecule has 0 spiro atoms. The summed E-state index contributed by atoms with van der Waals surface area (Å²) in [4.78, 5) is 54.5. The number of hydrogen-bond acceptors (Lipinski definition) is 6. The third-order valence-corrected chi connectivity index (χ3v) is 6.25. The zero-order valence-corrected chi connectivity index (χ0v) is 22.5. The molecular weight excluding hydrogens is 466 g/mol. The van der Waals surface area contributed by atoms with Gasteiger partial charge in [0.2, 0.25) is 17.7 Å². The molecule has 0 aromatic rings. The first-order valence-electron chi connectivity index (χ1n) is 12.7. The molecule has 0 saturated carbocycles. The number of hydrogen-bond donors (Lipinski definition) is 7. The molecule has 0 aliphatic rings. The monoisotopic (exact) mass is 513 g/mol. The van der Waals surface area contributed by atoms with E-state index in [4.69, 9.17) is 17.2 Å². The number of guanidine groups is 1. The van der Waals surface area contributed by atoms with Crippen LogP contribution in [0.15, 0.2) is 4.99 Å². The molecule has 208 valence electrons. The number of nitrogens with one attached hydrogen (secondary N) is 3. The van der Waals surface area contributed by atoms with Crippen LogP contribution in [0.4, 0.5) is 0 Å². The van der Waals surface area contributed by atoms with Crippen molar-refractivity contribution in [2.45, 2.75) is 97.8 Å². The van der Waals surface area contributed by atoms with Crippen LogP contribution in [-0.4, -0.2) is 65.5 Å². The van der Waals surface area contributed by atoms with Crippen LogP contribution in [0.1, 0.15) is 73.6 Å². The molecular formula is C24H47N7O5. The average molecular weight is 514 g/mol. The Morgan fingerprint density at radius 3 is 1.83 bits per heavy atom. The number of carbonyl (C=O) groups is 4. The normalized spacial score (nSPS) is 16.1. The minimum absolute atomic E-state index is 0.0293. The van der Waals surface area contributed by atoms with E-state index in [1.54, 1.807) is 6.92 Å². The Labute approximate surface area is 214 Å². The van der Waals surface area contributed by atoms with Crippen LogP contribution in [0, 0.1) is 17.8 Å². The SMILES string of the molecule is CCC(C)C(N)C(=O)NC(CCCN=C(N)N)C(=O)NC(CC(C)C)C(=O)NC(C(=O)O)C(C)CC. The van der Waals surface area contributed by atoms with Crippen molar-refractivity contribution in [3.63, 3.8) is 0 Å². The van der Waals surface area contributed by atoms with Crippen molar-refractivity contribution in [2.24, 2.45) is 39.9 Å². The Balaban J connectivity index is 5.69. The van der Waals surface area contributed by atoms with Crippen molar-refractivity contribution in [3.8, 4) is 0 Å². The maximum absolute atomic E-state index is 13.2. The number of nitrogens with zero attached hydrogens (tertiary/aromatic N) is 1. The van der Waals surface area contributed by atoms with Crippen molar-refractivity contribution >= 4 is 29.7 Å². The summed E-state index contributed by atoms with van der Waals surface area (Å²) in [6.45, 7) is 11.3. The Morgan fingerprint density at radius 2 is 1.36 bits per heavy atom. The average Bonchev–Trinajstić information content (AvgIpc) is 2.81. The van der Waals surface area contributed by atoms with Crippen molar-refractivity contribution in [3.05, 3.63) is 0 Å². The second-order valence-corrected chi connectivity index (χ2v) is 9.82. The molecule has 3 amide bonds. The fourth-order valence-corrected chi connectivity index (χ4v) is 3.46. The molecule has 0 aromatic carbocycles. The number of aliphatic carboxylic acids is 1. The quantitative estimate of drug-likeness (QED) is 0.0798. The molecule has 0 aliphatic carbocycles. The predicted octanol–water partition coefficient (Wildman–Crippen LogP) is 0.0446. The molecule has 6 atom stereocenters. The van der Waals surface area contributed by atoms with Crippen molar-refractivity contribution in [2.75, 3.05) is 6.54 Å². The highest BCUT2D eigenvalue weighted by Gasteiger charge is 2.32. The van der Waals surface area contributed by atoms with E-state index in [2.05, 4.69) is 20.9 Å². The zero-order valence-electron chi connectivity index (χ0n) is 22.5. The van der Waals surface area contributed by atoms with Gasteiger partial charge in [-0.1, -0.05) is 54.4 Å². The number of aliphatic imine (C=N–C) groups is 1. The van der Waals surface area contributed by atoms with Gasteiger partial charge in [-0.05, 0) is 37.0 Å². The zero-order chi connectivity index (χ0) is 28.0. The molecule has 10 N–H and O–H groups in total. The molecule has 0 fully saturated rings. The fraction of sp³-hybridized carbons (Fsp3) is 0.792. The van der Waals surface area contributed by atoms with Gasteiger partial charge in [-0.3, -0.25) is 19.4 Å². The van der Waals surface area contributed by atoms with Gasteiger partial charge in [0, 0.05) is 6.54 Å². The lowest BCUT2D eigenvalue weighted by molar-refractivity contribution is -0.144. The molecule has 0 heterocycles. The summed E-state index contributed by atoms with van der Waals surface area (Å²) in [6, 6.07) is -3.85. The summed E-state index contributed by atoms with van der Waals surface area (Å²) in [7, 11) is 0. The number of nitrogens with two attached hydrogens (primary N) is 3. The van der Waals surface area contributed by atoms with Crippen LogP contribution in [0.25, 0.3) is 0 Å². The molecule has 36 heavy (non-hydrogen) atoms. The van der Waals surface area contributed by atoms with Crippen molar-refractivity contribution < 1.29 is 24.3 Å². The molecule has 12 heteroatoms. The van der Waals surface area contributed by atoms with Crippen LogP contribution in [0.3, 0.4) is 0 Å². The van der Waals surface area contributed by atoms with Gasteiger partial charge in [-0.25, -0.2) is 4.79 Å². The molecule has 0 bridgehead atoms. The molecule has 6 unspecified atom stereocenters. The minimum Gasteiger partial charge on any atom is -0.480 e. The lowest BCUT2D eigenvalue weighted by Crippen LogP contribution is -2.58. The molecule has 0 aliphatic heterocycles. The van der Waals surface area contributed by atoms with E-state index in [1.165, 1.54) is 0 Å². The van der Waals surface area contributed by atoms with Crippen LogP contribution in [0.5, 0.6) is 0 Å². The molecule has 0 rings (SSSR count). The van der Waals surface area contributed by atoms with Gasteiger partial charge in [0.05, 0.1) is 6.04 Å². The first-order chi connectivity index (χ1) is 16.7. The number of carboxylic acids is 1. The summed E-state index contributed by atoms with van der Waals surface area (Å²) in [5.41, 5.74) is 16.7. The highest BCUT2D eigenvalue weighted by atomic mass is 16.4. The van der Waals surface area contributed by atoms with Crippen molar-refractivity contribution in [1.29, 1.82) is 0 Å². The van der Waals surface area contributed by atoms with Gasteiger partial charge in [0.15, 0.2) is 5.96 Å². The molecule has 0 radical (unpaired) electrons. The van der Waals surface area contributed by atoms with Crippen LogP contribution >= 0.6 is 0 Å². The van der Waals surface area contributed by atoms with E-state index in [0.29, 0.717) is 19.3 Å². The Hall–Kier alpha value is -2.89. The highest BCUT2D eigenvalue weighted by Crippen LogP contribution is 2.12. The van der Waals surface area contributed by atoms with Gasteiger partial charge >= 0.3 is 5.97 Å². The summed E-state index contributed by atoms with van der Waals surface area (Å²) in [6.07, 6.45) is 2.13. The topological polar surface area (TPSA) is 215 Å². The minimum atomic E-state index is -1.14. The van der Waals surface area contributed by atoms with Gasteiger partial charge in [0.25, 0.3) is 0 Å². The Bertz CT molecular complexity index is 755. The van der Waals surface area contributed by atoms with Crippen molar-refractivity contribution in [1.82, 2.24) is 16.0 Å². The fourth-order valence-electron chi connectivity index (χ4n) is 3.46. The Kier molecular flexibility index (Phi) is 15.4. The van der Waals surface area contributed by atoms with Gasteiger partial charge in [-0.2, -0.15) is 0 Å². The van der Waals surface area contributed by atoms with Crippen LogP contribution in [0.2, 0.25) is 0 Å². The molecule has 0 saturated heterocycles. The van der Waals surface area contributed by atoms with E-state index in [1.807, 2.05) is 34.6 Å². The Morgan fingerprint density at radius 1 is 0.833 bits per heavy atom. The van der Waals surface area contributed by atoms with Gasteiger partial charge < -0.3 is 38.3 Å². The van der Waals surface area contributed by atoms with Gasteiger partial charge in [0.1, 0.15) is 18.1 Å². The summed E-state index contributed by atoms with van der Waals surface area (Å²) in [5.74, 6) is -3.22. The number of carbonyl (C=O) groups excluding carboxylic acids is 3. The third kappa shape index (κ3) is 12.2. The first kappa shape index (κ1) is 33.1. The van der Waals surface area contributed by atoms with Crippen LogP contribution < -0.4 is 33.2 Å². The second-order valence-electron chi connectivity index (χ2n) is 9.82. The van der Waals surface area contributed by atoms with Crippen LogP contribution in [-0.2, 0) is 19.2 Å². The summed E-state index contributed by atoms with van der Waals surface area (Å²) < 4.78 is 0. The van der Waals surface area contributed by atoms with E-state index in [9.17, 15) is 24.3 Å². The highest BCUT2D eigenvalue weighted by molar-refractivity contribution is 5.94. The second kappa shape index (κ2) is 16.7. The van der Waals surface area contributed by atoms with Gasteiger partial charge in [-0.15, -0.1) is 0 Å². The maximum atomic E-state index is 13.2. The predicted molar refractivity (Wildman–Crippen MR) is 140 cm³/mol. The van der Waals surface area contributed by atoms with E-state index >= 15 is 0 Å². The first-order valence-corrected chi connectivity index (χ1v) is 12.7. The smallest absolute Gasteiger partial charge is 0.326 e. The number of rotatable bonds is 17. The standard InChI is InChI=1S/C24H47N7O5/c1-7-14(5)18(25)22(34)29-16(10-9-11-28-24(26)27)20(32)30-17(12-13(3)4)21(33)31-19(23(35)36)15(6)8-2/h13-19H,7-12,25H2,1-6H3,(H,29,34)(H,30,32)(H,31,33)(H,35,36)(H4,26,27,28). The number of carboxylic acid groups (broad SMARTS) is 1. The molecule has 12 nitrogen and oxygen atoms in total. The van der Waals surface area contributed by atoms with E-state index in [0.717, 1.165) is 0 Å². The molecule has 0 aromatic heterocycles. The lowest BCUT2D eigenvalue weighted by Gasteiger charge is -2.27. The largest absolute Gasteiger partial charge is 0.480 e. The summed E-state index contributed by atoms with van der Waals surface area (Å²) >= 11 is 0. The van der Waals surface area contributed by atoms with E-state index < -0.39 is 47.9 Å². The number of amides is 3. The van der Waals surface area contributed by atoms with E-state index in [-0.39, 0.29) is 43.1 Å². The lowest BCUT2D eigenvalue weighted by atomic mass is 9.97. The summed E-state index contributed by atoms with van der Waals surface area (Å²) in [5, 5.41) is 17.5.